The number of amides is 3. The minimum Gasteiger partial charge on any atom is -0.493 e. The summed E-state index contributed by atoms with van der Waals surface area (Å²) in [6, 6.07) is 15.3. The summed E-state index contributed by atoms with van der Waals surface area (Å²) in [6.45, 7) is 6.19. The van der Waals surface area contributed by atoms with Gasteiger partial charge in [-0.15, -0.1) is 0 Å². The average Bonchev–Trinajstić information content (AvgIpc) is 3.15. The zero-order chi connectivity index (χ0) is 24.8. The third kappa shape index (κ3) is 5.68. The first-order valence-corrected chi connectivity index (χ1v) is 12.1. The molecule has 182 valence electrons. The summed E-state index contributed by atoms with van der Waals surface area (Å²) < 4.78 is 10.9. The maximum atomic E-state index is 12.9. The lowest BCUT2D eigenvalue weighted by Crippen LogP contribution is -2.51. The molecule has 8 nitrogen and oxygen atoms in total. The van der Waals surface area contributed by atoms with Crippen LogP contribution in [0.3, 0.4) is 0 Å². The Hall–Kier alpha value is -3.72. The van der Waals surface area contributed by atoms with Crippen LogP contribution in [0, 0.1) is 0 Å². The molecule has 0 bridgehead atoms. The summed E-state index contributed by atoms with van der Waals surface area (Å²) in [5.74, 6) is 0.356. The van der Waals surface area contributed by atoms with Crippen molar-refractivity contribution >= 4 is 40.6 Å². The van der Waals surface area contributed by atoms with Crippen LogP contribution >= 0.6 is 11.8 Å². The van der Waals surface area contributed by atoms with Crippen molar-refractivity contribution in [3.63, 3.8) is 0 Å². The summed E-state index contributed by atoms with van der Waals surface area (Å²) in [5, 5.41) is -0.449. The summed E-state index contributed by atoms with van der Waals surface area (Å²) in [7, 11) is 1.53. The van der Waals surface area contributed by atoms with Gasteiger partial charge in [0, 0.05) is 31.9 Å². The van der Waals surface area contributed by atoms with Gasteiger partial charge in [0.2, 0.25) is 5.91 Å². The van der Waals surface area contributed by atoms with Crippen LogP contribution in [0.4, 0.5) is 10.5 Å². The number of nitrogens with zero attached hydrogens (tertiary/aromatic N) is 3. The van der Waals surface area contributed by atoms with E-state index in [4.69, 9.17) is 9.47 Å². The van der Waals surface area contributed by atoms with Gasteiger partial charge in [-0.25, -0.2) is 0 Å². The fraction of sp³-hybridized carbons (Fsp3) is 0.269. The SMILES string of the molecule is C=CCOc1ccc(/C=C2/SC(=O)N(CC(=O)N3CCN(c4ccccc4)CC3)C2=O)cc1OC. The van der Waals surface area contributed by atoms with E-state index in [-0.39, 0.29) is 17.4 Å². The molecule has 4 rings (SSSR count). The third-order valence-electron chi connectivity index (χ3n) is 5.76. The summed E-state index contributed by atoms with van der Waals surface area (Å²) in [6.07, 6.45) is 3.25. The molecule has 0 spiro atoms. The van der Waals surface area contributed by atoms with E-state index in [1.54, 1.807) is 35.3 Å². The Morgan fingerprint density at radius 2 is 1.80 bits per heavy atom. The first-order valence-electron chi connectivity index (χ1n) is 11.2. The molecule has 0 atom stereocenters. The molecule has 0 radical (unpaired) electrons. The number of anilines is 1. The molecule has 2 fully saturated rings. The second kappa shape index (κ2) is 11.1. The Bertz CT molecular complexity index is 1140. The number of rotatable bonds is 8. The van der Waals surface area contributed by atoms with Crippen molar-refractivity contribution in [1.29, 1.82) is 0 Å². The molecule has 2 aliphatic heterocycles. The molecule has 2 aromatic carbocycles. The second-order valence-corrected chi connectivity index (χ2v) is 8.97. The Labute approximate surface area is 208 Å². The molecule has 3 amide bonds. The minimum atomic E-state index is -0.470. The molecule has 0 unspecified atom stereocenters. The van der Waals surface area contributed by atoms with Gasteiger partial charge in [0.25, 0.3) is 11.1 Å². The number of thioether (sulfide) groups is 1. The summed E-state index contributed by atoms with van der Waals surface area (Å²) >= 11 is 0.829. The number of ether oxygens (including phenoxy) is 2. The highest BCUT2D eigenvalue weighted by atomic mass is 32.2. The molecule has 0 aliphatic carbocycles. The lowest BCUT2D eigenvalue weighted by molar-refractivity contribution is -0.136. The van der Waals surface area contributed by atoms with Gasteiger partial charge in [-0.2, -0.15) is 0 Å². The van der Waals surface area contributed by atoms with Gasteiger partial charge in [-0.1, -0.05) is 36.9 Å². The van der Waals surface area contributed by atoms with Gasteiger partial charge < -0.3 is 19.3 Å². The van der Waals surface area contributed by atoms with Gasteiger partial charge in [-0.3, -0.25) is 19.3 Å². The Morgan fingerprint density at radius 1 is 1.06 bits per heavy atom. The van der Waals surface area contributed by atoms with Gasteiger partial charge in [0.1, 0.15) is 13.2 Å². The first kappa shape index (κ1) is 24.4. The van der Waals surface area contributed by atoms with Crippen molar-refractivity contribution < 1.29 is 23.9 Å². The van der Waals surface area contributed by atoms with Crippen LogP contribution in [0.5, 0.6) is 11.5 Å². The van der Waals surface area contributed by atoms with Crippen molar-refractivity contribution in [3.8, 4) is 11.5 Å². The van der Waals surface area contributed by atoms with E-state index in [1.165, 1.54) is 7.11 Å². The van der Waals surface area contributed by atoms with Crippen LogP contribution in [0.2, 0.25) is 0 Å². The second-order valence-electron chi connectivity index (χ2n) is 7.98. The van der Waals surface area contributed by atoms with E-state index in [0.29, 0.717) is 49.8 Å². The smallest absolute Gasteiger partial charge is 0.294 e. The zero-order valence-corrected chi connectivity index (χ0v) is 20.3. The molecular weight excluding hydrogens is 466 g/mol. The molecule has 2 saturated heterocycles. The van der Waals surface area contributed by atoms with E-state index in [1.807, 2.05) is 30.3 Å². The maximum Gasteiger partial charge on any atom is 0.294 e. The highest BCUT2D eigenvalue weighted by Gasteiger charge is 2.37. The monoisotopic (exact) mass is 493 g/mol. The predicted octanol–water partition coefficient (Wildman–Crippen LogP) is 3.65. The third-order valence-corrected chi connectivity index (χ3v) is 6.67. The molecule has 35 heavy (non-hydrogen) atoms. The molecular formula is C26H27N3O5S. The Morgan fingerprint density at radius 3 is 2.49 bits per heavy atom. The highest BCUT2D eigenvalue weighted by molar-refractivity contribution is 8.18. The number of hydrogen-bond donors (Lipinski definition) is 0. The molecule has 0 saturated carbocycles. The molecule has 2 heterocycles. The zero-order valence-electron chi connectivity index (χ0n) is 19.5. The van der Waals surface area contributed by atoms with Crippen LogP contribution in [0.1, 0.15) is 5.56 Å². The number of para-hydroxylation sites is 1. The molecule has 0 N–H and O–H groups in total. The Kier molecular flexibility index (Phi) is 7.77. The summed E-state index contributed by atoms with van der Waals surface area (Å²) in [5.41, 5.74) is 1.80. The van der Waals surface area contributed by atoms with Gasteiger partial charge in [0.15, 0.2) is 11.5 Å². The van der Waals surface area contributed by atoms with Crippen LogP contribution in [0.15, 0.2) is 66.1 Å². The van der Waals surface area contributed by atoms with Gasteiger partial charge in [-0.05, 0) is 47.7 Å². The van der Waals surface area contributed by atoms with Gasteiger partial charge in [0.05, 0.1) is 12.0 Å². The quantitative estimate of drug-likeness (QED) is 0.410. The van der Waals surface area contributed by atoms with Gasteiger partial charge >= 0.3 is 0 Å². The number of piperazine rings is 1. The van der Waals surface area contributed by atoms with E-state index in [2.05, 4.69) is 11.5 Å². The van der Waals surface area contributed by atoms with Crippen LogP contribution < -0.4 is 14.4 Å². The van der Waals surface area contributed by atoms with Crippen molar-refractivity contribution in [3.05, 3.63) is 71.7 Å². The largest absolute Gasteiger partial charge is 0.493 e. The van der Waals surface area contributed by atoms with Crippen molar-refractivity contribution in [2.45, 2.75) is 0 Å². The van der Waals surface area contributed by atoms with Crippen LogP contribution in [0.25, 0.3) is 6.08 Å². The topological polar surface area (TPSA) is 79.4 Å². The number of methoxy groups -OCH3 is 1. The maximum absolute atomic E-state index is 12.9. The predicted molar refractivity (Wildman–Crippen MR) is 137 cm³/mol. The normalized spacial score (nSPS) is 17.2. The number of imide groups is 1. The standard InChI is InChI=1S/C26H27N3O5S/c1-3-15-34-21-10-9-19(16-22(21)33-2)17-23-25(31)29(26(32)35-23)18-24(30)28-13-11-27(12-14-28)20-7-5-4-6-8-20/h3-10,16-17H,1,11-15,18H2,2H3/b23-17+. The fourth-order valence-corrected chi connectivity index (χ4v) is 4.76. The minimum absolute atomic E-state index is 0.230. The van der Waals surface area contributed by atoms with Crippen molar-refractivity contribution in [2.75, 3.05) is 51.3 Å². The molecule has 2 aromatic rings. The number of benzene rings is 2. The summed E-state index contributed by atoms with van der Waals surface area (Å²) in [4.78, 5) is 43.5. The van der Waals surface area contributed by atoms with E-state index in [9.17, 15) is 14.4 Å². The van der Waals surface area contributed by atoms with Crippen LogP contribution in [-0.4, -0.2) is 73.3 Å². The van der Waals surface area contributed by atoms with E-state index >= 15 is 0 Å². The molecule has 9 heteroatoms. The fourth-order valence-electron chi connectivity index (χ4n) is 3.92. The number of hydrogen-bond acceptors (Lipinski definition) is 7. The average molecular weight is 494 g/mol. The lowest BCUT2D eigenvalue weighted by atomic mass is 10.2. The lowest BCUT2D eigenvalue weighted by Gasteiger charge is -2.36. The number of carbonyl (C=O) groups excluding carboxylic acids is 3. The molecule has 0 aromatic heterocycles. The number of carbonyl (C=O) groups is 3. The van der Waals surface area contributed by atoms with Crippen molar-refractivity contribution in [2.24, 2.45) is 0 Å². The van der Waals surface area contributed by atoms with Crippen LogP contribution in [-0.2, 0) is 9.59 Å². The highest BCUT2D eigenvalue weighted by Crippen LogP contribution is 2.34. The van der Waals surface area contributed by atoms with E-state index < -0.39 is 11.1 Å². The Balaban J connectivity index is 1.38. The molecule has 2 aliphatic rings. The first-order chi connectivity index (χ1) is 17.0. The van der Waals surface area contributed by atoms with Crippen molar-refractivity contribution in [1.82, 2.24) is 9.80 Å². The van der Waals surface area contributed by atoms with E-state index in [0.717, 1.165) is 22.3 Å².